The molecule has 12 aromatic carbocycles. The molecule has 0 saturated carbocycles. The Labute approximate surface area is 598 Å². The van der Waals surface area contributed by atoms with Crippen molar-refractivity contribution in [2.24, 2.45) is 0 Å². The third-order valence-electron chi connectivity index (χ3n) is 21.0. The number of ether oxygens (including phenoxy) is 2. The topological polar surface area (TPSA) is 28.2 Å². The van der Waals surface area contributed by atoms with Gasteiger partial charge in [-0.25, -0.2) is 0 Å². The van der Waals surface area contributed by atoms with Gasteiger partial charge in [0, 0.05) is 66.4 Å². The van der Waals surface area contributed by atoms with Crippen LogP contribution in [0.4, 0.5) is 51.2 Å². The fraction of sp³-hybridized carbons (Fsp3) is 0.217. The number of para-hydroxylation sites is 2. The van der Waals surface area contributed by atoms with Crippen LogP contribution in [0.3, 0.4) is 0 Å². The van der Waals surface area contributed by atoms with E-state index in [2.05, 4.69) is 373 Å². The molecule has 0 atom stereocenters. The lowest BCUT2D eigenvalue weighted by Crippen LogP contribution is -2.59. The van der Waals surface area contributed by atoms with Crippen molar-refractivity contribution in [1.82, 2.24) is 0 Å². The number of hydrogen-bond donors (Lipinski definition) is 0. The highest BCUT2D eigenvalue weighted by Crippen LogP contribution is 2.51. The van der Waals surface area contributed by atoms with Gasteiger partial charge in [0.2, 0.25) is 6.71 Å². The van der Waals surface area contributed by atoms with Crippen LogP contribution in [0.15, 0.2) is 265 Å². The number of nitrogens with zero attached hydrogens (tertiary/aromatic N) is 3. The lowest BCUT2D eigenvalue weighted by molar-refractivity contribution is 0.465. The van der Waals surface area contributed by atoms with E-state index in [4.69, 9.17) is 9.47 Å². The van der Waals surface area contributed by atoms with Crippen LogP contribution in [-0.2, 0) is 27.1 Å². The Balaban J connectivity index is 0.960. The average molecular weight is 1320 g/mol. The van der Waals surface area contributed by atoms with Crippen molar-refractivity contribution >= 4 is 109 Å². The van der Waals surface area contributed by atoms with Gasteiger partial charge in [0.05, 0.1) is 0 Å². The van der Waals surface area contributed by atoms with Gasteiger partial charge in [0.15, 0.2) is 0 Å². The first-order valence-corrected chi connectivity index (χ1v) is 36.4. The summed E-state index contributed by atoms with van der Waals surface area (Å²) in [4.78, 5) is 9.93. The fourth-order valence-corrected chi connectivity index (χ4v) is 16.8. The third-order valence-corrected chi connectivity index (χ3v) is 22.1. The maximum absolute atomic E-state index is 7.08. The summed E-state index contributed by atoms with van der Waals surface area (Å²) in [5.41, 5.74) is 27.8. The van der Waals surface area contributed by atoms with E-state index in [-0.39, 0.29) is 40.5 Å². The van der Waals surface area contributed by atoms with Crippen LogP contribution in [0.2, 0.25) is 0 Å². The van der Waals surface area contributed by atoms with Crippen LogP contribution >= 0.6 is 11.8 Å². The second-order valence-electron chi connectivity index (χ2n) is 33.0. The average Bonchev–Trinajstić information content (AvgIpc) is 0.744. The number of fused-ring (bicyclic) bond motifs is 8. The van der Waals surface area contributed by atoms with Crippen LogP contribution < -0.4 is 57.0 Å². The molecule has 0 radical (unpaired) electrons. The van der Waals surface area contributed by atoms with Crippen LogP contribution in [0.1, 0.15) is 132 Å². The van der Waals surface area contributed by atoms with E-state index >= 15 is 0 Å². The summed E-state index contributed by atoms with van der Waals surface area (Å²) in [5, 5.41) is 0. The van der Waals surface area contributed by atoms with E-state index in [0.29, 0.717) is 0 Å². The number of anilines is 9. The van der Waals surface area contributed by atoms with E-state index in [1.807, 2.05) is 11.8 Å². The van der Waals surface area contributed by atoms with Gasteiger partial charge in [-0.1, -0.05) is 255 Å². The Bertz CT molecular complexity index is 5000. The quantitative estimate of drug-likeness (QED) is 0.134. The summed E-state index contributed by atoms with van der Waals surface area (Å²) in [7, 11) is 0. The lowest BCUT2D eigenvalue weighted by atomic mass is 9.34. The molecule has 494 valence electrons. The minimum atomic E-state index is -0.149. The smallest absolute Gasteiger partial charge is 0.260 e. The highest BCUT2D eigenvalue weighted by molar-refractivity contribution is 8.00. The molecule has 0 saturated heterocycles. The van der Waals surface area contributed by atoms with Gasteiger partial charge in [-0.15, -0.1) is 0 Å². The molecule has 0 N–H and O–H groups in total. The Hall–Kier alpha value is -9.88. The molecule has 0 spiro atoms. The normalized spacial score (nSPS) is 13.6. The van der Waals surface area contributed by atoms with Gasteiger partial charge in [-0.05, 0) is 220 Å². The monoisotopic (exact) mass is 1320 g/mol. The Morgan fingerprint density at radius 3 is 1.19 bits per heavy atom. The molecule has 5 nitrogen and oxygen atoms in total. The zero-order valence-corrected chi connectivity index (χ0v) is 61.3. The molecular weight excluding hydrogens is 1230 g/mol. The highest BCUT2D eigenvalue weighted by atomic mass is 32.2. The van der Waals surface area contributed by atoms with E-state index < -0.39 is 0 Å². The summed E-state index contributed by atoms with van der Waals surface area (Å²) >= 11 is 1.89. The predicted octanol–water partition coefficient (Wildman–Crippen LogP) is 21.9. The van der Waals surface area contributed by atoms with Crippen molar-refractivity contribution in [3.63, 3.8) is 0 Å². The maximum atomic E-state index is 7.08. The van der Waals surface area contributed by atoms with Crippen LogP contribution in [0.25, 0.3) is 22.3 Å². The maximum Gasteiger partial charge on any atom is 0.260 e. The van der Waals surface area contributed by atoms with E-state index in [0.717, 1.165) is 102 Å². The zero-order valence-electron chi connectivity index (χ0n) is 60.5. The van der Waals surface area contributed by atoms with E-state index in [9.17, 15) is 0 Å². The number of benzene rings is 12. The molecular formula is C92H87B2N3O2S. The molecule has 16 rings (SSSR count). The van der Waals surface area contributed by atoms with Crippen LogP contribution in [-0.4, -0.2) is 13.4 Å². The third kappa shape index (κ3) is 11.5. The minimum absolute atomic E-state index is 0.00113. The van der Waals surface area contributed by atoms with E-state index in [1.165, 1.54) is 65.1 Å². The van der Waals surface area contributed by atoms with Gasteiger partial charge >= 0.3 is 0 Å². The van der Waals surface area contributed by atoms with Crippen molar-refractivity contribution in [1.29, 1.82) is 0 Å². The SMILES string of the molecule is CC(C)(C)c1ccc(N(c2ccc(C(C)(C)C)cc2)c2ccc3c(c2)Sc2cc(-c4cc5c6c(c4)Oc4ccccc4B6c4ccccc4O5)cc4c2B3c2ccc(N(c3ccc(C(C)(C)C)cc3)c3ccc(C(C)(C)C)cc3)cc2N4c2ccc(C(C)(C)C)c(-c3ccccc3)c2)cc1. The van der Waals surface area contributed by atoms with Gasteiger partial charge in [0.25, 0.3) is 6.71 Å². The summed E-state index contributed by atoms with van der Waals surface area (Å²) in [5.74, 6) is 3.36. The lowest BCUT2D eigenvalue weighted by Gasteiger charge is -2.42. The summed E-state index contributed by atoms with van der Waals surface area (Å²) in [6, 6.07) is 96.3. The first-order valence-electron chi connectivity index (χ1n) is 35.6. The fourth-order valence-electron chi connectivity index (χ4n) is 15.5. The van der Waals surface area contributed by atoms with Gasteiger partial charge < -0.3 is 24.2 Å². The van der Waals surface area contributed by atoms with Crippen molar-refractivity contribution in [3.05, 3.63) is 283 Å². The largest absolute Gasteiger partial charge is 0.458 e. The number of hydrogen-bond acceptors (Lipinski definition) is 6. The van der Waals surface area contributed by atoms with E-state index in [1.54, 1.807) is 0 Å². The van der Waals surface area contributed by atoms with Crippen molar-refractivity contribution in [3.8, 4) is 45.3 Å². The van der Waals surface area contributed by atoms with Crippen molar-refractivity contribution < 1.29 is 9.47 Å². The molecule has 4 heterocycles. The molecule has 0 unspecified atom stereocenters. The Morgan fingerprint density at radius 2 is 0.720 bits per heavy atom. The molecule has 0 bridgehead atoms. The predicted molar refractivity (Wildman–Crippen MR) is 428 cm³/mol. The van der Waals surface area contributed by atoms with Gasteiger partial charge in [-0.2, -0.15) is 0 Å². The first-order chi connectivity index (χ1) is 47.7. The molecule has 0 fully saturated rings. The summed E-state index contributed by atoms with van der Waals surface area (Å²) in [6.45, 7) is 34.3. The molecule has 100 heavy (non-hydrogen) atoms. The molecule has 12 aromatic rings. The Kier molecular flexibility index (Phi) is 15.5. The minimum Gasteiger partial charge on any atom is -0.458 e. The van der Waals surface area contributed by atoms with Crippen molar-refractivity contribution in [2.75, 3.05) is 14.7 Å². The first kappa shape index (κ1) is 64.8. The molecule has 4 aliphatic rings. The second-order valence-corrected chi connectivity index (χ2v) is 34.1. The summed E-state index contributed by atoms with van der Waals surface area (Å²) < 4.78 is 14.2. The van der Waals surface area contributed by atoms with Gasteiger partial charge in [-0.3, -0.25) is 0 Å². The van der Waals surface area contributed by atoms with Crippen LogP contribution in [0, 0.1) is 0 Å². The summed E-state index contributed by atoms with van der Waals surface area (Å²) in [6.07, 6.45) is 0. The van der Waals surface area contributed by atoms with Gasteiger partial charge in [0.1, 0.15) is 23.0 Å². The highest BCUT2D eigenvalue weighted by Gasteiger charge is 2.44. The number of rotatable bonds is 9. The molecule has 8 heteroatoms. The molecule has 0 aliphatic carbocycles. The Morgan fingerprint density at radius 1 is 0.300 bits per heavy atom. The van der Waals surface area contributed by atoms with Crippen LogP contribution in [0.5, 0.6) is 23.0 Å². The second kappa shape index (κ2) is 23.9. The zero-order chi connectivity index (χ0) is 69.5. The molecule has 0 amide bonds. The standard InChI is InChI=1S/C92H87B2N3O2S/c1-88(2,3)61-29-37-65(38-30-61)95(66-39-31-62(32-40-66)89(4,5)6)70-46-49-74-78(56-70)97(69-45-48-73(92(13,14)15)72(55-69)58-23-17-16-18-24-58)79-51-59(60-52-82-87-83(53-60)99-81-28-22-20-26-76(81)94(87)75-25-19-21-27-80(75)98-82)54-85-86(79)93(74)77-50-47-71(57-84(77)100-85)96(67-41-33-63(34-42-67)90(7,8)9)68-43-35-64(36-44-68)91(10,11)12/h16-57H,1-15H3. The molecule has 0 aromatic heterocycles. The van der Waals surface area contributed by atoms with Crippen molar-refractivity contribution in [2.45, 2.75) is 141 Å². The molecule has 4 aliphatic heterocycles.